The third kappa shape index (κ3) is 4.95. The standard InChI is InChI=1S/C13H13F3N4O3/c1-18(9-19-8-11(6-17-19)20(21)22)7-10-4-2-3-5-12(10)23-13(14,15)16/h2-6,8H,7,9H2,1H3. The SMILES string of the molecule is CN(Cc1ccccc1OC(F)(F)F)Cn1cc([N+](=O)[O-])cn1. The molecular weight excluding hydrogens is 317 g/mol. The van der Waals surface area contributed by atoms with Crippen LogP contribution in [0.3, 0.4) is 0 Å². The molecule has 0 saturated carbocycles. The Morgan fingerprint density at radius 3 is 2.70 bits per heavy atom. The van der Waals surface area contributed by atoms with Crippen LogP contribution in [0.5, 0.6) is 5.75 Å². The number of ether oxygens (including phenoxy) is 1. The highest BCUT2D eigenvalue weighted by Gasteiger charge is 2.32. The fourth-order valence-corrected chi connectivity index (χ4v) is 1.97. The molecule has 1 aromatic carbocycles. The minimum Gasteiger partial charge on any atom is -0.405 e. The van der Waals surface area contributed by atoms with E-state index in [-0.39, 0.29) is 24.7 Å². The minimum absolute atomic E-state index is 0.153. The van der Waals surface area contributed by atoms with Gasteiger partial charge in [0.2, 0.25) is 0 Å². The van der Waals surface area contributed by atoms with Crippen molar-refractivity contribution in [2.24, 2.45) is 0 Å². The third-order valence-corrected chi connectivity index (χ3v) is 2.86. The highest BCUT2D eigenvalue weighted by Crippen LogP contribution is 2.27. The second-order valence-corrected chi connectivity index (χ2v) is 4.81. The highest BCUT2D eigenvalue weighted by atomic mass is 19.4. The Labute approximate surface area is 129 Å². The molecule has 10 heteroatoms. The molecule has 124 valence electrons. The van der Waals surface area contributed by atoms with Crippen molar-refractivity contribution in [3.05, 3.63) is 52.3 Å². The zero-order chi connectivity index (χ0) is 17.0. The number of nitro groups is 1. The Balaban J connectivity index is 2.05. The summed E-state index contributed by atoms with van der Waals surface area (Å²) in [5.41, 5.74) is 0.188. The van der Waals surface area contributed by atoms with Crippen LogP contribution in [0.2, 0.25) is 0 Å². The van der Waals surface area contributed by atoms with Crippen molar-refractivity contribution in [3.8, 4) is 5.75 Å². The lowest BCUT2D eigenvalue weighted by Crippen LogP contribution is -2.23. The largest absolute Gasteiger partial charge is 0.573 e. The summed E-state index contributed by atoms with van der Waals surface area (Å²) < 4.78 is 42.4. The maximum Gasteiger partial charge on any atom is 0.573 e. The van der Waals surface area contributed by atoms with Crippen molar-refractivity contribution in [2.45, 2.75) is 19.6 Å². The second-order valence-electron chi connectivity index (χ2n) is 4.81. The van der Waals surface area contributed by atoms with E-state index in [4.69, 9.17) is 0 Å². The molecule has 0 aliphatic heterocycles. The number of aromatic nitrogens is 2. The number of rotatable bonds is 6. The molecule has 0 spiro atoms. The first-order valence-electron chi connectivity index (χ1n) is 6.43. The number of nitrogens with zero attached hydrogens (tertiary/aromatic N) is 4. The van der Waals surface area contributed by atoms with Crippen LogP contribution >= 0.6 is 0 Å². The van der Waals surface area contributed by atoms with E-state index < -0.39 is 11.3 Å². The molecule has 0 atom stereocenters. The molecule has 0 radical (unpaired) electrons. The second kappa shape index (κ2) is 6.65. The van der Waals surface area contributed by atoms with Crippen molar-refractivity contribution in [1.29, 1.82) is 0 Å². The van der Waals surface area contributed by atoms with Gasteiger partial charge < -0.3 is 4.74 Å². The van der Waals surface area contributed by atoms with E-state index in [2.05, 4.69) is 9.84 Å². The van der Waals surface area contributed by atoms with Crippen LogP contribution in [0.15, 0.2) is 36.7 Å². The summed E-state index contributed by atoms with van der Waals surface area (Å²) in [6.45, 7) is 0.327. The van der Waals surface area contributed by atoms with Gasteiger partial charge in [0.05, 0.1) is 11.6 Å². The van der Waals surface area contributed by atoms with Gasteiger partial charge in [-0.3, -0.25) is 19.7 Å². The van der Waals surface area contributed by atoms with Crippen LogP contribution in [-0.4, -0.2) is 33.0 Å². The molecule has 1 heterocycles. The van der Waals surface area contributed by atoms with Gasteiger partial charge in [-0.05, 0) is 13.1 Å². The maximum atomic E-state index is 12.4. The lowest BCUT2D eigenvalue weighted by Gasteiger charge is -2.19. The molecule has 0 fully saturated rings. The Bertz CT molecular complexity index is 687. The molecule has 0 saturated heterocycles. The molecule has 0 aliphatic rings. The normalized spacial score (nSPS) is 11.7. The maximum absolute atomic E-state index is 12.4. The zero-order valence-electron chi connectivity index (χ0n) is 12.0. The van der Waals surface area contributed by atoms with E-state index in [0.717, 1.165) is 6.20 Å². The molecule has 7 nitrogen and oxygen atoms in total. The van der Waals surface area contributed by atoms with Gasteiger partial charge in [-0.1, -0.05) is 18.2 Å². The predicted octanol–water partition coefficient (Wildman–Crippen LogP) is 2.78. The van der Waals surface area contributed by atoms with Crippen molar-refractivity contribution >= 4 is 5.69 Å². The monoisotopic (exact) mass is 330 g/mol. The number of halogens is 3. The van der Waals surface area contributed by atoms with Crippen LogP contribution in [0.4, 0.5) is 18.9 Å². The Hall–Kier alpha value is -2.62. The summed E-state index contributed by atoms with van der Waals surface area (Å²) in [6, 6.07) is 5.80. The van der Waals surface area contributed by atoms with Gasteiger partial charge in [0.15, 0.2) is 0 Å². The highest BCUT2D eigenvalue weighted by molar-refractivity contribution is 5.33. The van der Waals surface area contributed by atoms with Crippen molar-refractivity contribution in [2.75, 3.05) is 7.05 Å². The fourth-order valence-electron chi connectivity index (χ4n) is 1.97. The summed E-state index contributed by atoms with van der Waals surface area (Å²) in [6.07, 6.45) is -2.42. The summed E-state index contributed by atoms with van der Waals surface area (Å²) in [5, 5.41) is 14.4. The number of para-hydroxylation sites is 1. The molecular formula is C13H13F3N4O3. The Kier molecular flexibility index (Phi) is 4.84. The minimum atomic E-state index is -4.77. The first kappa shape index (κ1) is 16.7. The number of hydrogen-bond acceptors (Lipinski definition) is 5. The van der Waals surface area contributed by atoms with Crippen LogP contribution in [0.25, 0.3) is 0 Å². The molecule has 1 aromatic heterocycles. The van der Waals surface area contributed by atoms with Gasteiger partial charge in [-0.25, -0.2) is 0 Å². The molecule has 0 bridgehead atoms. The summed E-state index contributed by atoms with van der Waals surface area (Å²) >= 11 is 0. The van der Waals surface area contributed by atoms with Gasteiger partial charge in [-0.2, -0.15) is 5.10 Å². The van der Waals surface area contributed by atoms with Crippen LogP contribution in [0.1, 0.15) is 5.56 Å². The van der Waals surface area contributed by atoms with Gasteiger partial charge in [0.1, 0.15) is 18.1 Å². The van der Waals surface area contributed by atoms with Gasteiger partial charge in [0, 0.05) is 12.1 Å². The number of benzene rings is 1. The number of alkyl halides is 3. The number of hydrogen-bond donors (Lipinski definition) is 0. The fraction of sp³-hybridized carbons (Fsp3) is 0.308. The molecule has 0 N–H and O–H groups in total. The van der Waals surface area contributed by atoms with Crippen LogP contribution in [-0.2, 0) is 13.2 Å². The molecule has 2 aromatic rings. The average Bonchev–Trinajstić information content (AvgIpc) is 2.88. The summed E-state index contributed by atoms with van der Waals surface area (Å²) in [5.74, 6) is -0.279. The molecule has 23 heavy (non-hydrogen) atoms. The quantitative estimate of drug-likeness (QED) is 0.601. The lowest BCUT2D eigenvalue weighted by molar-refractivity contribution is -0.385. The van der Waals surface area contributed by atoms with Gasteiger partial charge in [-0.15, -0.1) is 13.2 Å². The van der Waals surface area contributed by atoms with E-state index in [9.17, 15) is 23.3 Å². The third-order valence-electron chi connectivity index (χ3n) is 2.86. The molecule has 0 unspecified atom stereocenters. The average molecular weight is 330 g/mol. The van der Waals surface area contributed by atoms with Crippen molar-refractivity contribution < 1.29 is 22.8 Å². The molecule has 2 rings (SSSR count). The lowest BCUT2D eigenvalue weighted by atomic mass is 10.2. The Morgan fingerprint density at radius 1 is 1.39 bits per heavy atom. The summed E-state index contributed by atoms with van der Waals surface area (Å²) in [4.78, 5) is 11.7. The van der Waals surface area contributed by atoms with Crippen molar-refractivity contribution in [1.82, 2.24) is 14.7 Å². The van der Waals surface area contributed by atoms with Crippen LogP contribution in [0, 0.1) is 10.1 Å². The van der Waals surface area contributed by atoms with E-state index in [0.29, 0.717) is 5.56 Å². The van der Waals surface area contributed by atoms with E-state index in [1.807, 2.05) is 0 Å². The molecule has 0 aliphatic carbocycles. The zero-order valence-corrected chi connectivity index (χ0v) is 12.0. The van der Waals surface area contributed by atoms with Gasteiger partial charge in [0.25, 0.3) is 0 Å². The topological polar surface area (TPSA) is 73.4 Å². The first-order valence-corrected chi connectivity index (χ1v) is 6.43. The first-order chi connectivity index (χ1) is 10.7. The smallest absolute Gasteiger partial charge is 0.405 e. The molecule has 0 amide bonds. The van der Waals surface area contributed by atoms with Crippen molar-refractivity contribution in [3.63, 3.8) is 0 Å². The van der Waals surface area contributed by atoms with E-state index in [1.165, 1.54) is 29.1 Å². The Morgan fingerprint density at radius 2 is 2.09 bits per heavy atom. The van der Waals surface area contributed by atoms with E-state index >= 15 is 0 Å². The van der Waals surface area contributed by atoms with E-state index in [1.54, 1.807) is 18.0 Å². The summed E-state index contributed by atoms with van der Waals surface area (Å²) in [7, 11) is 1.65. The van der Waals surface area contributed by atoms with Gasteiger partial charge >= 0.3 is 12.0 Å². The van der Waals surface area contributed by atoms with Crippen LogP contribution < -0.4 is 4.74 Å². The predicted molar refractivity (Wildman–Crippen MR) is 73.5 cm³/mol.